The number of aromatic nitrogens is 2. The van der Waals surface area contributed by atoms with Gasteiger partial charge < -0.3 is 0 Å². The van der Waals surface area contributed by atoms with Crippen LogP contribution in [-0.2, 0) is 0 Å². The first-order valence-electron chi connectivity index (χ1n) is 11.1. The standard InChI is InChI=1S/C29H16Cl2N2O2S/c30-23-15-20-21(16-24(23)31)28(35)22(27(20)34)13-19-14-25-29(33(19)18-9-5-2-6-10-18)32-26(36-25)12-11-17-7-3-1-4-8-17/h1-16H/b12-11+. The molecule has 0 fully saturated rings. The van der Waals surface area contributed by atoms with Gasteiger partial charge in [0.2, 0.25) is 0 Å². The second-order valence-corrected chi connectivity index (χ2v) is 10.1. The highest BCUT2D eigenvalue weighted by molar-refractivity contribution is 7.19. The van der Waals surface area contributed by atoms with Gasteiger partial charge in [-0.2, -0.15) is 0 Å². The Morgan fingerprint density at radius 1 is 0.778 bits per heavy atom. The number of ketones is 2. The SMILES string of the molecule is O=C1C(=Cc2cc3sc(/C=C/c4ccccc4)nc3n2-c2ccccc2)C(=O)c2cc(Cl)c(Cl)cc21. The number of benzene rings is 3. The summed E-state index contributed by atoms with van der Waals surface area (Å²) in [4.78, 5) is 31.1. The van der Waals surface area contributed by atoms with Crippen molar-refractivity contribution >= 4 is 74.7 Å². The van der Waals surface area contributed by atoms with E-state index in [1.54, 1.807) is 17.4 Å². The number of thiazole rings is 1. The number of nitrogens with zero attached hydrogens (tertiary/aromatic N) is 2. The monoisotopic (exact) mass is 526 g/mol. The molecule has 0 N–H and O–H groups in total. The second-order valence-electron chi connectivity index (χ2n) is 8.25. The topological polar surface area (TPSA) is 52.0 Å². The van der Waals surface area contributed by atoms with Gasteiger partial charge in [-0.25, -0.2) is 4.98 Å². The summed E-state index contributed by atoms with van der Waals surface area (Å²) in [6.45, 7) is 0. The number of hydrogen-bond donors (Lipinski definition) is 0. The fraction of sp³-hybridized carbons (Fsp3) is 0. The maximum absolute atomic E-state index is 13.1. The number of halogens is 2. The minimum Gasteiger partial charge on any atom is -0.294 e. The smallest absolute Gasteiger partial charge is 0.197 e. The van der Waals surface area contributed by atoms with Gasteiger partial charge in [0.1, 0.15) is 5.01 Å². The molecule has 3 aromatic carbocycles. The fourth-order valence-electron chi connectivity index (χ4n) is 4.27. The average molecular weight is 527 g/mol. The number of rotatable bonds is 4. The molecule has 174 valence electrons. The van der Waals surface area contributed by atoms with Crippen LogP contribution in [0, 0.1) is 0 Å². The molecule has 0 aliphatic heterocycles. The molecule has 1 aliphatic rings. The van der Waals surface area contributed by atoms with Gasteiger partial charge in [0.25, 0.3) is 0 Å². The molecule has 36 heavy (non-hydrogen) atoms. The molecule has 0 atom stereocenters. The van der Waals surface area contributed by atoms with Crippen molar-refractivity contribution in [3.8, 4) is 5.69 Å². The fourth-order valence-corrected chi connectivity index (χ4v) is 5.50. The Balaban J connectivity index is 1.47. The lowest BCUT2D eigenvalue weighted by Crippen LogP contribution is -2.03. The minimum atomic E-state index is -0.364. The van der Waals surface area contributed by atoms with Gasteiger partial charge in [-0.15, -0.1) is 11.3 Å². The molecule has 2 heterocycles. The van der Waals surface area contributed by atoms with Gasteiger partial charge >= 0.3 is 0 Å². The molecule has 0 amide bonds. The third kappa shape index (κ3) is 3.91. The van der Waals surface area contributed by atoms with Crippen LogP contribution < -0.4 is 0 Å². The van der Waals surface area contributed by atoms with Crippen LogP contribution >= 0.6 is 34.5 Å². The number of hydrogen-bond acceptors (Lipinski definition) is 4. The van der Waals surface area contributed by atoms with Crippen molar-refractivity contribution in [2.75, 3.05) is 0 Å². The molecule has 0 bridgehead atoms. The second kappa shape index (κ2) is 9.03. The normalized spacial score (nSPS) is 13.2. The molecule has 2 aromatic heterocycles. The third-order valence-electron chi connectivity index (χ3n) is 5.96. The molecule has 0 spiro atoms. The van der Waals surface area contributed by atoms with Crippen molar-refractivity contribution in [1.29, 1.82) is 0 Å². The molecule has 0 radical (unpaired) electrons. The van der Waals surface area contributed by atoms with Crippen LogP contribution in [0.4, 0.5) is 0 Å². The van der Waals surface area contributed by atoms with Gasteiger partial charge in [0.05, 0.1) is 26.0 Å². The largest absolute Gasteiger partial charge is 0.294 e. The maximum Gasteiger partial charge on any atom is 0.197 e. The van der Waals surface area contributed by atoms with Crippen LogP contribution in [0.15, 0.2) is 84.4 Å². The summed E-state index contributed by atoms with van der Waals surface area (Å²) in [7, 11) is 0. The predicted octanol–water partition coefficient (Wildman–Crippen LogP) is 8.03. The number of fused-ring (bicyclic) bond motifs is 2. The molecule has 7 heteroatoms. The number of para-hydroxylation sites is 1. The van der Waals surface area contributed by atoms with Crippen LogP contribution in [0.2, 0.25) is 10.0 Å². The van der Waals surface area contributed by atoms with Gasteiger partial charge in [0, 0.05) is 16.8 Å². The van der Waals surface area contributed by atoms with Gasteiger partial charge in [-0.05, 0) is 48.0 Å². The lowest BCUT2D eigenvalue weighted by molar-refractivity contribution is 0.0990. The number of carbonyl (C=O) groups is 2. The summed E-state index contributed by atoms with van der Waals surface area (Å²) in [5.41, 5.74) is 4.03. The number of Topliss-reactive ketones (excluding diaryl/α,β-unsaturated/α-hetero) is 2. The highest BCUT2D eigenvalue weighted by Crippen LogP contribution is 2.36. The van der Waals surface area contributed by atoms with E-state index in [-0.39, 0.29) is 38.3 Å². The van der Waals surface area contributed by atoms with Crippen molar-refractivity contribution in [3.05, 3.63) is 122 Å². The molecule has 0 saturated heterocycles. The first kappa shape index (κ1) is 22.7. The van der Waals surface area contributed by atoms with E-state index in [1.807, 2.05) is 83.4 Å². The van der Waals surface area contributed by atoms with Crippen LogP contribution in [0.25, 0.3) is 34.3 Å². The van der Waals surface area contributed by atoms with Gasteiger partial charge in [-0.1, -0.05) is 77.8 Å². The molecule has 1 aliphatic carbocycles. The zero-order valence-corrected chi connectivity index (χ0v) is 20.9. The van der Waals surface area contributed by atoms with Crippen molar-refractivity contribution < 1.29 is 9.59 Å². The van der Waals surface area contributed by atoms with E-state index in [1.165, 1.54) is 12.1 Å². The van der Waals surface area contributed by atoms with Crippen molar-refractivity contribution in [1.82, 2.24) is 9.55 Å². The summed E-state index contributed by atoms with van der Waals surface area (Å²) in [6, 6.07) is 24.7. The summed E-state index contributed by atoms with van der Waals surface area (Å²) in [5.74, 6) is -0.727. The van der Waals surface area contributed by atoms with Crippen LogP contribution in [-0.4, -0.2) is 21.1 Å². The Morgan fingerprint density at radius 2 is 1.39 bits per heavy atom. The van der Waals surface area contributed by atoms with E-state index >= 15 is 0 Å². The lowest BCUT2D eigenvalue weighted by atomic mass is 10.1. The quantitative estimate of drug-likeness (QED) is 0.176. The molecule has 0 unspecified atom stereocenters. The Kier molecular flexibility index (Phi) is 5.69. The van der Waals surface area contributed by atoms with E-state index in [4.69, 9.17) is 28.2 Å². The zero-order chi connectivity index (χ0) is 24.8. The van der Waals surface area contributed by atoms with Crippen LogP contribution in [0.3, 0.4) is 0 Å². The molecular formula is C29H16Cl2N2O2S. The summed E-state index contributed by atoms with van der Waals surface area (Å²) >= 11 is 13.8. The minimum absolute atomic E-state index is 0.0786. The first-order valence-corrected chi connectivity index (χ1v) is 12.7. The average Bonchev–Trinajstić information content (AvgIpc) is 3.50. The third-order valence-corrected chi connectivity index (χ3v) is 7.64. The van der Waals surface area contributed by atoms with E-state index in [9.17, 15) is 9.59 Å². The molecule has 0 saturated carbocycles. The highest BCUT2D eigenvalue weighted by atomic mass is 35.5. The molecule has 6 rings (SSSR count). The molecule has 5 aromatic rings. The van der Waals surface area contributed by atoms with Gasteiger partial charge in [-0.3, -0.25) is 14.2 Å². The molecular weight excluding hydrogens is 511 g/mol. The van der Waals surface area contributed by atoms with Crippen LogP contribution in [0.5, 0.6) is 0 Å². The Labute approximate surface area is 220 Å². The summed E-state index contributed by atoms with van der Waals surface area (Å²) in [6.07, 6.45) is 5.64. The zero-order valence-electron chi connectivity index (χ0n) is 18.6. The van der Waals surface area contributed by atoms with Gasteiger partial charge in [0.15, 0.2) is 17.2 Å². The van der Waals surface area contributed by atoms with Crippen molar-refractivity contribution in [3.63, 3.8) is 0 Å². The Bertz CT molecular complexity index is 1690. The van der Waals surface area contributed by atoms with E-state index in [0.29, 0.717) is 5.69 Å². The number of carbonyl (C=O) groups excluding carboxylic acids is 2. The molecule has 4 nitrogen and oxygen atoms in total. The Morgan fingerprint density at radius 3 is 2.03 bits per heavy atom. The summed E-state index contributed by atoms with van der Waals surface area (Å²) in [5, 5.41) is 1.34. The van der Waals surface area contributed by atoms with E-state index < -0.39 is 0 Å². The number of allylic oxidation sites excluding steroid dienone is 1. The first-order chi connectivity index (χ1) is 17.5. The lowest BCUT2D eigenvalue weighted by Gasteiger charge is -2.07. The van der Waals surface area contributed by atoms with E-state index in [0.717, 1.165) is 26.6 Å². The highest BCUT2D eigenvalue weighted by Gasteiger charge is 2.34. The predicted molar refractivity (Wildman–Crippen MR) is 147 cm³/mol. The Hall–Kier alpha value is -3.77. The van der Waals surface area contributed by atoms with Crippen molar-refractivity contribution in [2.24, 2.45) is 0 Å². The van der Waals surface area contributed by atoms with E-state index in [2.05, 4.69) is 0 Å². The van der Waals surface area contributed by atoms with Crippen LogP contribution in [0.1, 0.15) is 37.0 Å². The van der Waals surface area contributed by atoms with Crippen molar-refractivity contribution in [2.45, 2.75) is 0 Å². The maximum atomic E-state index is 13.1. The summed E-state index contributed by atoms with van der Waals surface area (Å²) < 4.78 is 2.90.